The largest absolute Gasteiger partial charge is 0.490 e. The van der Waals surface area contributed by atoms with Crippen LogP contribution < -0.4 is 20.0 Å². The Morgan fingerprint density at radius 3 is 1.63 bits per heavy atom. The highest BCUT2D eigenvalue weighted by atomic mass is 32.2. The van der Waals surface area contributed by atoms with Crippen LogP contribution in [0, 0.1) is 0 Å². The minimum absolute atomic E-state index is 0.0483. The Hall–Kier alpha value is -5.04. The minimum atomic E-state index is -5.08. The lowest BCUT2D eigenvalue weighted by atomic mass is 10.1. The normalized spacial score (nSPS) is 16.9. The highest BCUT2D eigenvalue weighted by Gasteiger charge is 2.38. The number of carbonyl (C=O) groups excluding carboxylic acids is 1. The predicted octanol–water partition coefficient (Wildman–Crippen LogP) is 3.24. The van der Waals surface area contributed by atoms with Gasteiger partial charge in [0.25, 0.3) is 5.91 Å². The third kappa shape index (κ3) is 12.7. The van der Waals surface area contributed by atoms with E-state index in [1.54, 1.807) is 15.9 Å². The van der Waals surface area contributed by atoms with Gasteiger partial charge in [-0.2, -0.15) is 39.5 Å². The number of aliphatic carboxylic acids is 1. The summed E-state index contributed by atoms with van der Waals surface area (Å²) in [6.45, 7) is 6.02. The van der Waals surface area contributed by atoms with Crippen LogP contribution in [0.25, 0.3) is 0 Å². The van der Waals surface area contributed by atoms with Crippen molar-refractivity contribution in [2.45, 2.75) is 23.4 Å². The first-order valence-corrected chi connectivity index (χ1v) is 18.7. The van der Waals surface area contributed by atoms with Crippen molar-refractivity contribution in [1.29, 1.82) is 0 Å². The van der Waals surface area contributed by atoms with E-state index in [9.17, 15) is 52.7 Å². The quantitative estimate of drug-likeness (QED) is 0.359. The Morgan fingerprint density at radius 2 is 1.19 bits per heavy atom. The number of carbonyl (C=O) groups is 2. The summed E-state index contributed by atoms with van der Waals surface area (Å²) in [7, 11) is -3.53. The molecule has 314 valence electrons. The molecule has 1 aromatic carbocycles. The summed E-state index contributed by atoms with van der Waals surface area (Å²) in [5, 5.41) is 10.2. The standard InChI is InChI=1S/C21H24F3N5O4S.C9H11F3N4.C2HF3O2/c1-34(31,32)15-2-3-17(27-10-12-33-13-11-27)16(14-15)19(30)29-8-6-28(7-9-29)18-4-5-25-20(26-18)21(22,23)24;10-9(11,12)8-14-2-1-7(15-8)16-5-3-13-4-6-16;3-2(4,5)1(6)7/h2-5,14H,6-13H2,1H3;1-2,13H,3-6H2;(H,6,7). The Balaban J connectivity index is 0.000000257. The van der Waals surface area contributed by atoms with E-state index in [0.29, 0.717) is 50.9 Å². The van der Waals surface area contributed by atoms with E-state index in [1.165, 1.54) is 24.3 Å². The van der Waals surface area contributed by atoms with Crippen LogP contribution in [0.4, 0.5) is 56.8 Å². The number of sulfone groups is 1. The van der Waals surface area contributed by atoms with Crippen LogP contribution in [0.15, 0.2) is 47.6 Å². The summed E-state index contributed by atoms with van der Waals surface area (Å²) in [4.78, 5) is 43.1. The average molecular weight is 846 g/mol. The molecule has 0 radical (unpaired) electrons. The fourth-order valence-corrected chi connectivity index (χ4v) is 6.17. The van der Waals surface area contributed by atoms with Gasteiger partial charge in [0, 0.05) is 89.8 Å². The maximum Gasteiger partial charge on any atom is 0.490 e. The van der Waals surface area contributed by atoms with Gasteiger partial charge in [0.2, 0.25) is 11.6 Å². The molecule has 3 aliphatic rings. The molecule has 2 N–H and O–H groups in total. The van der Waals surface area contributed by atoms with Gasteiger partial charge in [-0.1, -0.05) is 0 Å². The molecular weight excluding hydrogens is 809 g/mol. The van der Waals surface area contributed by atoms with Crippen molar-refractivity contribution < 1.29 is 67.4 Å². The zero-order valence-corrected chi connectivity index (χ0v) is 30.7. The molecular formula is C32H36F9N9O6S. The van der Waals surface area contributed by atoms with Gasteiger partial charge < -0.3 is 34.8 Å². The van der Waals surface area contributed by atoms with Crippen molar-refractivity contribution in [1.82, 2.24) is 30.2 Å². The lowest BCUT2D eigenvalue weighted by molar-refractivity contribution is -0.192. The number of halogens is 9. The summed E-state index contributed by atoms with van der Waals surface area (Å²) < 4.78 is 137. The van der Waals surface area contributed by atoms with Gasteiger partial charge in [-0.25, -0.2) is 33.1 Å². The molecule has 3 aliphatic heterocycles. The number of hydrogen-bond donors (Lipinski definition) is 2. The van der Waals surface area contributed by atoms with E-state index in [2.05, 4.69) is 25.3 Å². The molecule has 0 atom stereocenters. The Labute approximate surface area is 319 Å². The Morgan fingerprint density at radius 1 is 0.719 bits per heavy atom. The van der Waals surface area contributed by atoms with Crippen LogP contribution in [0.2, 0.25) is 0 Å². The van der Waals surface area contributed by atoms with Gasteiger partial charge >= 0.3 is 24.5 Å². The maximum atomic E-state index is 13.5. The highest BCUT2D eigenvalue weighted by molar-refractivity contribution is 7.90. The molecule has 57 heavy (non-hydrogen) atoms. The fraction of sp³-hybridized carbons (Fsp3) is 0.500. The molecule has 25 heteroatoms. The first-order valence-electron chi connectivity index (χ1n) is 16.8. The first-order chi connectivity index (χ1) is 26.6. The van der Waals surface area contributed by atoms with Crippen molar-refractivity contribution in [3.8, 4) is 0 Å². The van der Waals surface area contributed by atoms with Crippen LogP contribution in [-0.4, -0.2) is 141 Å². The van der Waals surface area contributed by atoms with Crippen molar-refractivity contribution in [3.05, 3.63) is 59.9 Å². The molecule has 3 saturated heterocycles. The van der Waals surface area contributed by atoms with E-state index >= 15 is 0 Å². The van der Waals surface area contributed by atoms with E-state index in [4.69, 9.17) is 14.6 Å². The SMILES string of the molecule is CS(=O)(=O)c1ccc(N2CCOCC2)c(C(=O)N2CCN(c3ccnc(C(F)(F)F)n3)CC2)c1.FC(F)(F)c1nccc(N2CCNCC2)n1.O=C(O)C(F)(F)F. The van der Waals surface area contributed by atoms with Gasteiger partial charge in [-0.15, -0.1) is 0 Å². The van der Waals surface area contributed by atoms with E-state index in [-0.39, 0.29) is 48.4 Å². The van der Waals surface area contributed by atoms with Gasteiger partial charge in [0.1, 0.15) is 11.6 Å². The van der Waals surface area contributed by atoms with Crippen molar-refractivity contribution in [2.24, 2.45) is 0 Å². The lowest BCUT2D eigenvalue weighted by Crippen LogP contribution is -2.49. The molecule has 6 rings (SSSR count). The molecule has 2 aromatic heterocycles. The monoisotopic (exact) mass is 845 g/mol. The minimum Gasteiger partial charge on any atom is -0.475 e. The van der Waals surface area contributed by atoms with E-state index < -0.39 is 46.0 Å². The molecule has 0 aliphatic carbocycles. The second-order valence-corrected chi connectivity index (χ2v) is 14.4. The Kier molecular flexibility index (Phi) is 14.5. The summed E-state index contributed by atoms with van der Waals surface area (Å²) in [5.41, 5.74) is 0.911. The molecule has 0 spiro atoms. The zero-order chi connectivity index (χ0) is 42.2. The summed E-state index contributed by atoms with van der Waals surface area (Å²) >= 11 is 0. The average Bonchev–Trinajstić information content (AvgIpc) is 3.17. The zero-order valence-electron chi connectivity index (χ0n) is 29.9. The molecule has 0 saturated carbocycles. The second kappa shape index (κ2) is 18.5. The summed E-state index contributed by atoms with van der Waals surface area (Å²) in [5.74, 6) is -4.90. The third-order valence-electron chi connectivity index (χ3n) is 8.34. The number of alkyl halides is 9. The molecule has 0 unspecified atom stereocenters. The second-order valence-electron chi connectivity index (χ2n) is 12.3. The lowest BCUT2D eigenvalue weighted by Gasteiger charge is -2.37. The number of hydrogen-bond acceptors (Lipinski definition) is 13. The third-order valence-corrected chi connectivity index (χ3v) is 9.45. The predicted molar refractivity (Wildman–Crippen MR) is 184 cm³/mol. The number of aromatic nitrogens is 4. The fourth-order valence-electron chi connectivity index (χ4n) is 5.52. The number of rotatable bonds is 5. The summed E-state index contributed by atoms with van der Waals surface area (Å²) in [6, 6.07) is 7.43. The van der Waals surface area contributed by atoms with Crippen LogP contribution in [0.1, 0.15) is 22.0 Å². The van der Waals surface area contributed by atoms with Gasteiger partial charge in [-0.3, -0.25) is 4.79 Å². The van der Waals surface area contributed by atoms with Crippen molar-refractivity contribution in [3.63, 3.8) is 0 Å². The smallest absolute Gasteiger partial charge is 0.475 e. The number of nitrogens with one attached hydrogen (secondary N) is 1. The van der Waals surface area contributed by atoms with E-state index in [1.807, 2.05) is 9.80 Å². The first kappa shape index (κ1) is 44.7. The van der Waals surface area contributed by atoms with Crippen LogP contribution in [0.5, 0.6) is 0 Å². The van der Waals surface area contributed by atoms with Crippen LogP contribution in [0.3, 0.4) is 0 Å². The molecule has 0 bridgehead atoms. The molecule has 1 amide bonds. The number of ether oxygens (including phenoxy) is 1. The number of amides is 1. The number of benzene rings is 1. The topological polar surface area (TPSA) is 174 Å². The molecule has 5 heterocycles. The van der Waals surface area contributed by atoms with Crippen molar-refractivity contribution >= 4 is 39.0 Å². The van der Waals surface area contributed by atoms with Gasteiger partial charge in [0.05, 0.1) is 23.7 Å². The number of anilines is 3. The molecule has 3 aromatic rings. The van der Waals surface area contributed by atoms with Gasteiger partial charge in [0.15, 0.2) is 9.84 Å². The number of piperazine rings is 2. The molecule has 15 nitrogen and oxygen atoms in total. The molecule has 3 fully saturated rings. The number of nitrogens with zero attached hydrogens (tertiary/aromatic N) is 8. The Bertz CT molecular complexity index is 1950. The number of morpholine rings is 1. The number of carboxylic acid groups (broad SMARTS) is 1. The van der Waals surface area contributed by atoms with Crippen molar-refractivity contribution in [2.75, 3.05) is 99.6 Å². The number of carboxylic acids is 1. The highest BCUT2D eigenvalue weighted by Crippen LogP contribution is 2.30. The summed E-state index contributed by atoms with van der Waals surface area (Å²) in [6.07, 6.45) is -10.9. The van der Waals surface area contributed by atoms with Gasteiger partial charge in [-0.05, 0) is 30.3 Å². The maximum absolute atomic E-state index is 13.5. The van der Waals surface area contributed by atoms with E-state index in [0.717, 1.165) is 31.7 Å². The van der Waals surface area contributed by atoms with Crippen LogP contribution in [-0.2, 0) is 31.7 Å². The van der Waals surface area contributed by atoms with Crippen LogP contribution >= 0.6 is 0 Å².